The number of fused-ring (bicyclic) bond motifs is 2. The maximum Gasteiger partial charge on any atom is 0.262 e. The molecule has 0 atom stereocenters. The number of nitrogens with one attached hydrogen (secondary N) is 1. The molecule has 134 valence electrons. The summed E-state index contributed by atoms with van der Waals surface area (Å²) in [5.41, 5.74) is 1.43. The second kappa shape index (κ2) is 7.33. The van der Waals surface area contributed by atoms with Crippen molar-refractivity contribution in [3.63, 3.8) is 0 Å². The molecule has 3 aromatic carbocycles. The van der Waals surface area contributed by atoms with E-state index in [2.05, 4.69) is 10.3 Å². The third kappa shape index (κ3) is 3.82. The fraction of sp³-hybridized carbons (Fsp3) is 0.0909. The summed E-state index contributed by atoms with van der Waals surface area (Å²) in [4.78, 5) is 16.6. The van der Waals surface area contributed by atoms with Crippen LogP contribution < -0.4 is 14.8 Å². The third-order valence-corrected chi connectivity index (χ3v) is 4.27. The zero-order valence-electron chi connectivity index (χ0n) is 14.8. The Morgan fingerprint density at radius 1 is 0.926 bits per heavy atom. The monoisotopic (exact) mass is 358 g/mol. The van der Waals surface area contributed by atoms with E-state index in [0.29, 0.717) is 11.4 Å². The van der Waals surface area contributed by atoms with E-state index in [0.717, 1.165) is 27.4 Å². The highest BCUT2D eigenvalue weighted by atomic mass is 16.5. The van der Waals surface area contributed by atoms with Crippen LogP contribution in [0, 0.1) is 0 Å². The molecule has 0 saturated heterocycles. The lowest BCUT2D eigenvalue weighted by atomic mass is 10.1. The second-order valence-electron chi connectivity index (χ2n) is 6.13. The number of carbonyl (C=O) groups excluding carboxylic acids is 1. The van der Waals surface area contributed by atoms with Gasteiger partial charge in [-0.25, -0.2) is 0 Å². The van der Waals surface area contributed by atoms with Crippen molar-refractivity contribution in [2.24, 2.45) is 0 Å². The molecule has 0 saturated carbocycles. The van der Waals surface area contributed by atoms with E-state index >= 15 is 0 Å². The van der Waals surface area contributed by atoms with Crippen molar-refractivity contribution in [1.29, 1.82) is 0 Å². The minimum atomic E-state index is -0.238. The standard InChI is InChI=1S/C22H18N2O3/c1-26-19-8-7-17-10-18(13-23-21(17)12-19)24-22(25)14-27-20-9-6-15-4-2-3-5-16(15)11-20/h2-13H,14H2,1H3,(H,24,25). The smallest absolute Gasteiger partial charge is 0.262 e. The normalized spacial score (nSPS) is 10.7. The van der Waals surface area contributed by atoms with Crippen molar-refractivity contribution in [1.82, 2.24) is 4.98 Å². The number of carbonyl (C=O) groups is 1. The third-order valence-electron chi connectivity index (χ3n) is 4.27. The molecule has 1 amide bonds. The molecule has 0 bridgehead atoms. The van der Waals surface area contributed by atoms with Gasteiger partial charge in [0, 0.05) is 11.5 Å². The molecule has 4 rings (SSSR count). The van der Waals surface area contributed by atoms with Gasteiger partial charge in [-0.15, -0.1) is 0 Å². The average Bonchev–Trinajstić information content (AvgIpc) is 2.71. The first-order chi connectivity index (χ1) is 13.2. The highest BCUT2D eigenvalue weighted by Gasteiger charge is 2.06. The zero-order chi connectivity index (χ0) is 18.6. The Balaban J connectivity index is 1.41. The van der Waals surface area contributed by atoms with Crippen LogP contribution in [0.4, 0.5) is 5.69 Å². The quantitative estimate of drug-likeness (QED) is 0.574. The summed E-state index contributed by atoms with van der Waals surface area (Å²) in [5.74, 6) is 1.17. The van der Waals surface area contributed by atoms with Gasteiger partial charge < -0.3 is 14.8 Å². The van der Waals surface area contributed by atoms with Crippen LogP contribution in [-0.2, 0) is 4.79 Å². The Morgan fingerprint density at radius 2 is 1.70 bits per heavy atom. The molecule has 0 aliphatic carbocycles. The first kappa shape index (κ1) is 16.8. The molecule has 0 radical (unpaired) electrons. The summed E-state index contributed by atoms with van der Waals surface area (Å²) in [5, 5.41) is 5.94. The van der Waals surface area contributed by atoms with Gasteiger partial charge in [0.15, 0.2) is 6.61 Å². The Kier molecular flexibility index (Phi) is 4.58. The predicted octanol–water partition coefficient (Wildman–Crippen LogP) is 4.41. The van der Waals surface area contributed by atoms with Crippen LogP contribution in [0.3, 0.4) is 0 Å². The highest BCUT2D eigenvalue weighted by Crippen LogP contribution is 2.22. The van der Waals surface area contributed by atoms with E-state index in [1.54, 1.807) is 13.3 Å². The molecule has 0 aliphatic heterocycles. The van der Waals surface area contributed by atoms with Crippen molar-refractivity contribution in [3.05, 3.63) is 72.9 Å². The average molecular weight is 358 g/mol. The number of pyridine rings is 1. The van der Waals surface area contributed by atoms with Crippen LogP contribution in [0.2, 0.25) is 0 Å². The number of aromatic nitrogens is 1. The second-order valence-corrected chi connectivity index (χ2v) is 6.13. The summed E-state index contributed by atoms with van der Waals surface area (Å²) in [6.45, 7) is -0.0704. The minimum Gasteiger partial charge on any atom is -0.497 e. The summed E-state index contributed by atoms with van der Waals surface area (Å²) >= 11 is 0. The van der Waals surface area contributed by atoms with E-state index in [4.69, 9.17) is 9.47 Å². The number of anilines is 1. The number of rotatable bonds is 5. The number of hydrogen-bond acceptors (Lipinski definition) is 4. The molecule has 27 heavy (non-hydrogen) atoms. The van der Waals surface area contributed by atoms with Gasteiger partial charge in [-0.3, -0.25) is 9.78 Å². The Bertz CT molecular complexity index is 1120. The van der Waals surface area contributed by atoms with Crippen LogP contribution >= 0.6 is 0 Å². The number of hydrogen-bond donors (Lipinski definition) is 1. The SMILES string of the molecule is COc1ccc2cc(NC(=O)COc3ccc4ccccc4c3)cnc2c1. The molecule has 1 aromatic heterocycles. The summed E-state index contributed by atoms with van der Waals surface area (Å²) < 4.78 is 10.8. The molecule has 0 fully saturated rings. The van der Waals surface area contributed by atoms with Crippen molar-refractivity contribution < 1.29 is 14.3 Å². The van der Waals surface area contributed by atoms with Crippen molar-refractivity contribution in [2.75, 3.05) is 19.0 Å². The molecule has 4 aromatic rings. The van der Waals surface area contributed by atoms with E-state index in [1.165, 1.54) is 0 Å². The zero-order valence-corrected chi connectivity index (χ0v) is 14.8. The van der Waals surface area contributed by atoms with Gasteiger partial charge in [0.2, 0.25) is 0 Å². The molecule has 5 heteroatoms. The lowest BCUT2D eigenvalue weighted by molar-refractivity contribution is -0.118. The molecule has 5 nitrogen and oxygen atoms in total. The van der Waals surface area contributed by atoms with Crippen molar-refractivity contribution >= 4 is 33.3 Å². The fourth-order valence-electron chi connectivity index (χ4n) is 2.90. The molecular weight excluding hydrogens is 340 g/mol. The molecule has 0 aliphatic rings. The molecule has 1 N–H and O–H groups in total. The van der Waals surface area contributed by atoms with E-state index in [1.807, 2.05) is 66.7 Å². The van der Waals surface area contributed by atoms with Crippen LogP contribution in [-0.4, -0.2) is 24.6 Å². The molecule has 0 spiro atoms. The van der Waals surface area contributed by atoms with Crippen molar-refractivity contribution in [3.8, 4) is 11.5 Å². The Labute approximate surface area is 156 Å². The predicted molar refractivity (Wildman–Crippen MR) is 106 cm³/mol. The number of benzene rings is 3. The van der Waals surface area contributed by atoms with Gasteiger partial charge >= 0.3 is 0 Å². The fourth-order valence-corrected chi connectivity index (χ4v) is 2.90. The molecule has 1 heterocycles. The summed E-state index contributed by atoms with van der Waals surface area (Å²) in [6.07, 6.45) is 1.62. The minimum absolute atomic E-state index is 0.0704. The van der Waals surface area contributed by atoms with E-state index in [9.17, 15) is 4.79 Å². The topological polar surface area (TPSA) is 60.5 Å². The van der Waals surface area contributed by atoms with Crippen LogP contribution in [0.1, 0.15) is 0 Å². The van der Waals surface area contributed by atoms with Gasteiger partial charge in [0.05, 0.1) is 24.5 Å². The lowest BCUT2D eigenvalue weighted by Crippen LogP contribution is -2.20. The van der Waals surface area contributed by atoms with Crippen LogP contribution in [0.25, 0.3) is 21.7 Å². The van der Waals surface area contributed by atoms with Crippen LogP contribution in [0.15, 0.2) is 72.9 Å². The van der Waals surface area contributed by atoms with Crippen LogP contribution in [0.5, 0.6) is 11.5 Å². The maximum atomic E-state index is 12.2. The van der Waals surface area contributed by atoms with Crippen molar-refractivity contribution in [2.45, 2.75) is 0 Å². The Morgan fingerprint density at radius 3 is 2.56 bits per heavy atom. The highest BCUT2D eigenvalue weighted by molar-refractivity contribution is 5.94. The van der Waals surface area contributed by atoms with E-state index < -0.39 is 0 Å². The first-order valence-corrected chi connectivity index (χ1v) is 8.56. The first-order valence-electron chi connectivity index (χ1n) is 8.56. The number of methoxy groups -OCH3 is 1. The maximum absolute atomic E-state index is 12.2. The Hall–Kier alpha value is -3.60. The van der Waals surface area contributed by atoms with Gasteiger partial charge in [-0.1, -0.05) is 30.3 Å². The molecular formula is C22H18N2O3. The summed E-state index contributed by atoms with van der Waals surface area (Å²) in [7, 11) is 1.62. The summed E-state index contributed by atoms with van der Waals surface area (Å²) in [6, 6.07) is 21.3. The number of ether oxygens (including phenoxy) is 2. The van der Waals surface area contributed by atoms with Gasteiger partial charge in [-0.2, -0.15) is 0 Å². The number of amides is 1. The lowest BCUT2D eigenvalue weighted by Gasteiger charge is -2.09. The number of nitrogens with zero attached hydrogens (tertiary/aromatic N) is 1. The van der Waals surface area contributed by atoms with Gasteiger partial charge in [0.1, 0.15) is 11.5 Å². The largest absolute Gasteiger partial charge is 0.497 e. The molecule has 0 unspecified atom stereocenters. The van der Waals surface area contributed by atoms with Gasteiger partial charge in [0.25, 0.3) is 5.91 Å². The van der Waals surface area contributed by atoms with E-state index in [-0.39, 0.29) is 12.5 Å². The van der Waals surface area contributed by atoms with Gasteiger partial charge in [-0.05, 0) is 41.1 Å².